The summed E-state index contributed by atoms with van der Waals surface area (Å²) in [6, 6.07) is 4.50. The van der Waals surface area contributed by atoms with Gasteiger partial charge in [-0.25, -0.2) is 9.48 Å². The lowest BCUT2D eigenvalue weighted by Gasteiger charge is -2.16. The van der Waals surface area contributed by atoms with Crippen LogP contribution in [0, 0.1) is 0 Å². The number of benzene rings is 1. The second kappa shape index (κ2) is 8.09. The van der Waals surface area contributed by atoms with Crippen LogP contribution in [0.15, 0.2) is 24.4 Å². The van der Waals surface area contributed by atoms with Gasteiger partial charge in [0.25, 0.3) is 5.91 Å². The molecule has 2 aromatic rings. The third kappa shape index (κ3) is 4.26. The molecular formula is C17H21ClN4O4. The van der Waals surface area contributed by atoms with Crippen molar-refractivity contribution in [2.24, 2.45) is 0 Å². The van der Waals surface area contributed by atoms with E-state index in [-0.39, 0.29) is 28.1 Å². The number of carbonyl (C=O) groups is 2. The molecule has 1 unspecified atom stereocenters. The zero-order chi connectivity index (χ0) is 19.4. The first-order chi connectivity index (χ1) is 12.2. The van der Waals surface area contributed by atoms with E-state index in [1.807, 2.05) is 13.8 Å². The van der Waals surface area contributed by atoms with Crippen LogP contribution < -0.4 is 15.8 Å². The van der Waals surface area contributed by atoms with E-state index < -0.39 is 18.0 Å². The van der Waals surface area contributed by atoms with Crippen molar-refractivity contribution in [1.29, 1.82) is 0 Å². The third-order valence-corrected chi connectivity index (χ3v) is 3.93. The van der Waals surface area contributed by atoms with Crippen molar-refractivity contribution in [3.05, 3.63) is 35.0 Å². The minimum absolute atomic E-state index is 0.0688. The Morgan fingerprint density at radius 2 is 2.00 bits per heavy atom. The Morgan fingerprint density at radius 3 is 2.62 bits per heavy atom. The number of nitrogens with one attached hydrogen (secondary N) is 1. The molecule has 1 amide bonds. The number of hydrogen-bond acceptors (Lipinski definition) is 6. The highest BCUT2D eigenvalue weighted by molar-refractivity contribution is 6.33. The molecule has 1 aromatic carbocycles. The van der Waals surface area contributed by atoms with Crippen LogP contribution in [-0.4, -0.2) is 34.9 Å². The maximum atomic E-state index is 12.4. The van der Waals surface area contributed by atoms with Crippen LogP contribution in [0.2, 0.25) is 5.02 Å². The lowest BCUT2D eigenvalue weighted by molar-refractivity contribution is -0.123. The molecule has 3 N–H and O–H groups in total. The van der Waals surface area contributed by atoms with E-state index >= 15 is 0 Å². The number of esters is 1. The molecule has 1 aromatic heterocycles. The number of methoxy groups -OCH3 is 1. The van der Waals surface area contributed by atoms with Gasteiger partial charge in [-0.15, -0.1) is 0 Å². The van der Waals surface area contributed by atoms with E-state index in [0.29, 0.717) is 5.82 Å². The van der Waals surface area contributed by atoms with Crippen molar-refractivity contribution in [2.45, 2.75) is 32.9 Å². The number of halogens is 1. The molecule has 0 aliphatic rings. The fourth-order valence-corrected chi connectivity index (χ4v) is 2.39. The second-order valence-electron chi connectivity index (χ2n) is 5.87. The van der Waals surface area contributed by atoms with Crippen molar-refractivity contribution in [2.75, 3.05) is 18.2 Å². The summed E-state index contributed by atoms with van der Waals surface area (Å²) < 4.78 is 12.0. The van der Waals surface area contributed by atoms with Crippen LogP contribution in [0.25, 0.3) is 0 Å². The molecule has 0 aliphatic heterocycles. The summed E-state index contributed by atoms with van der Waals surface area (Å²) in [5.41, 5.74) is 6.05. The third-order valence-electron chi connectivity index (χ3n) is 3.60. The zero-order valence-electron chi connectivity index (χ0n) is 14.9. The van der Waals surface area contributed by atoms with Gasteiger partial charge in [0.1, 0.15) is 17.1 Å². The normalized spacial score (nSPS) is 11.9. The molecule has 2 rings (SSSR count). The maximum Gasteiger partial charge on any atom is 0.342 e. The summed E-state index contributed by atoms with van der Waals surface area (Å²) in [6.07, 6.45) is 0.534. The van der Waals surface area contributed by atoms with Gasteiger partial charge in [0.2, 0.25) is 0 Å². The Kier molecular flexibility index (Phi) is 6.10. The molecule has 0 saturated heterocycles. The van der Waals surface area contributed by atoms with Crippen LogP contribution in [-0.2, 0) is 9.53 Å². The van der Waals surface area contributed by atoms with Gasteiger partial charge in [0.05, 0.1) is 24.0 Å². The Morgan fingerprint density at radius 1 is 1.31 bits per heavy atom. The van der Waals surface area contributed by atoms with Crippen LogP contribution in [0.1, 0.15) is 37.2 Å². The van der Waals surface area contributed by atoms with Crippen LogP contribution >= 0.6 is 11.6 Å². The molecule has 0 aliphatic carbocycles. The van der Waals surface area contributed by atoms with Crippen molar-refractivity contribution in [1.82, 2.24) is 9.78 Å². The molecule has 1 atom stereocenters. The van der Waals surface area contributed by atoms with Gasteiger partial charge >= 0.3 is 5.97 Å². The topological polar surface area (TPSA) is 108 Å². The molecule has 0 spiro atoms. The monoisotopic (exact) mass is 380 g/mol. The lowest BCUT2D eigenvalue weighted by atomic mass is 10.2. The Hall–Kier alpha value is -2.74. The highest BCUT2D eigenvalue weighted by Gasteiger charge is 2.23. The first-order valence-corrected chi connectivity index (χ1v) is 8.30. The van der Waals surface area contributed by atoms with E-state index in [0.717, 1.165) is 0 Å². The Balaban J connectivity index is 2.10. The summed E-state index contributed by atoms with van der Waals surface area (Å²) in [5, 5.41) is 7.00. The van der Waals surface area contributed by atoms with E-state index in [1.165, 1.54) is 26.2 Å². The fourth-order valence-electron chi connectivity index (χ4n) is 2.23. The fraction of sp³-hybridized carbons (Fsp3) is 0.353. The van der Waals surface area contributed by atoms with E-state index in [9.17, 15) is 9.59 Å². The van der Waals surface area contributed by atoms with Gasteiger partial charge in [-0.1, -0.05) is 11.6 Å². The van der Waals surface area contributed by atoms with Crippen LogP contribution in [0.5, 0.6) is 5.75 Å². The summed E-state index contributed by atoms with van der Waals surface area (Å²) in [7, 11) is 1.39. The SMILES string of the molecule is COc1cc(N)c(Cl)cc1C(=O)OC(C)C(=O)Nc1ccnn1C(C)C. The minimum atomic E-state index is -1.04. The molecule has 1 heterocycles. The highest BCUT2D eigenvalue weighted by Crippen LogP contribution is 2.29. The summed E-state index contributed by atoms with van der Waals surface area (Å²) in [4.78, 5) is 24.7. The van der Waals surface area contributed by atoms with Crippen molar-refractivity contribution in [3.8, 4) is 5.75 Å². The molecule has 0 fully saturated rings. The molecule has 8 nitrogen and oxygen atoms in total. The number of rotatable bonds is 6. The number of nitrogens with zero attached hydrogens (tertiary/aromatic N) is 2. The minimum Gasteiger partial charge on any atom is -0.496 e. The molecule has 26 heavy (non-hydrogen) atoms. The summed E-state index contributed by atoms with van der Waals surface area (Å²) >= 11 is 5.95. The predicted octanol–water partition coefficient (Wildman–Crippen LogP) is 2.89. The van der Waals surface area contributed by atoms with Gasteiger partial charge in [-0.3, -0.25) is 4.79 Å². The number of nitrogen functional groups attached to an aromatic ring is 1. The number of carbonyl (C=O) groups excluding carboxylic acids is 2. The van der Waals surface area contributed by atoms with Gasteiger partial charge in [0.15, 0.2) is 6.10 Å². The first-order valence-electron chi connectivity index (χ1n) is 7.93. The Bertz CT molecular complexity index is 819. The second-order valence-corrected chi connectivity index (χ2v) is 6.27. The lowest BCUT2D eigenvalue weighted by Crippen LogP contribution is -2.31. The number of hydrogen-bond donors (Lipinski definition) is 2. The summed E-state index contributed by atoms with van der Waals surface area (Å²) in [5.74, 6) is -0.506. The van der Waals surface area contributed by atoms with Crippen LogP contribution in [0.3, 0.4) is 0 Å². The number of amides is 1. The quantitative estimate of drug-likeness (QED) is 0.589. The average Bonchev–Trinajstić information content (AvgIpc) is 3.05. The predicted molar refractivity (Wildman–Crippen MR) is 98.5 cm³/mol. The zero-order valence-corrected chi connectivity index (χ0v) is 15.7. The number of nitrogens with two attached hydrogens (primary N) is 1. The van der Waals surface area contributed by atoms with Crippen molar-refractivity contribution >= 4 is 35.0 Å². The van der Waals surface area contributed by atoms with E-state index in [2.05, 4.69) is 10.4 Å². The van der Waals surface area contributed by atoms with Crippen LogP contribution in [0.4, 0.5) is 11.5 Å². The molecule has 9 heteroatoms. The molecule has 0 bridgehead atoms. The van der Waals surface area contributed by atoms with Gasteiger partial charge in [0, 0.05) is 18.2 Å². The van der Waals surface area contributed by atoms with Gasteiger partial charge in [-0.05, 0) is 26.8 Å². The maximum absolute atomic E-state index is 12.4. The van der Waals surface area contributed by atoms with E-state index in [1.54, 1.807) is 16.9 Å². The smallest absolute Gasteiger partial charge is 0.342 e. The number of aromatic nitrogens is 2. The molecule has 0 radical (unpaired) electrons. The molecule has 0 saturated carbocycles. The van der Waals surface area contributed by atoms with Crippen molar-refractivity contribution < 1.29 is 19.1 Å². The standard InChI is InChI=1S/C17H21ClN4O4/c1-9(2)22-15(5-6-20-22)21-16(23)10(3)26-17(24)11-7-12(18)13(19)8-14(11)25-4/h5-10H,19H2,1-4H3,(H,21,23). The largest absolute Gasteiger partial charge is 0.496 e. The summed E-state index contributed by atoms with van der Waals surface area (Å²) in [6.45, 7) is 5.33. The first kappa shape index (κ1) is 19.6. The van der Waals surface area contributed by atoms with Gasteiger partial charge in [-0.2, -0.15) is 5.10 Å². The number of anilines is 2. The number of ether oxygens (including phenoxy) is 2. The van der Waals surface area contributed by atoms with E-state index in [4.69, 9.17) is 26.8 Å². The van der Waals surface area contributed by atoms with Gasteiger partial charge < -0.3 is 20.5 Å². The molecular weight excluding hydrogens is 360 g/mol. The molecule has 140 valence electrons. The van der Waals surface area contributed by atoms with Crippen molar-refractivity contribution in [3.63, 3.8) is 0 Å². The highest BCUT2D eigenvalue weighted by atomic mass is 35.5. The Labute approximate surface area is 156 Å². The average molecular weight is 381 g/mol.